The van der Waals surface area contributed by atoms with E-state index in [1.165, 1.54) is 4.68 Å². The van der Waals surface area contributed by atoms with Crippen LogP contribution >= 0.6 is 0 Å². The second-order valence-electron chi connectivity index (χ2n) is 4.34. The van der Waals surface area contributed by atoms with Gasteiger partial charge in [0.15, 0.2) is 11.5 Å². The first kappa shape index (κ1) is 10.3. The van der Waals surface area contributed by atoms with Gasteiger partial charge in [0.2, 0.25) is 6.79 Å². The molecule has 5 heteroatoms. The molecule has 3 aromatic rings. The Morgan fingerprint density at radius 2 is 1.89 bits per heavy atom. The van der Waals surface area contributed by atoms with Gasteiger partial charge in [0.25, 0.3) is 5.56 Å². The molecular weight excluding hydrogens is 244 g/mol. The Kier molecular flexibility index (Phi) is 1.97. The predicted molar refractivity (Wildman–Crippen MR) is 70.0 cm³/mol. The molecular formula is C14H10N2O3. The van der Waals surface area contributed by atoms with E-state index in [0.29, 0.717) is 16.9 Å². The van der Waals surface area contributed by atoms with Gasteiger partial charge < -0.3 is 9.47 Å². The van der Waals surface area contributed by atoms with E-state index in [2.05, 4.69) is 5.10 Å². The maximum Gasteiger partial charge on any atom is 0.279 e. The number of nitrogens with zero attached hydrogens (tertiary/aromatic N) is 1. The Hall–Kier alpha value is -2.69. The van der Waals surface area contributed by atoms with E-state index in [1.807, 2.05) is 24.3 Å². The molecule has 0 amide bonds. The molecule has 2 heterocycles. The molecule has 1 N–H and O–H groups in total. The summed E-state index contributed by atoms with van der Waals surface area (Å²) in [4.78, 5) is 12.3. The highest BCUT2D eigenvalue weighted by molar-refractivity contribution is 5.78. The molecule has 0 radical (unpaired) electrons. The number of H-pyrrole nitrogens is 1. The monoisotopic (exact) mass is 254 g/mol. The number of fused-ring (bicyclic) bond motifs is 2. The first-order valence-corrected chi connectivity index (χ1v) is 5.93. The van der Waals surface area contributed by atoms with Crippen LogP contribution in [0.1, 0.15) is 0 Å². The highest BCUT2D eigenvalue weighted by Gasteiger charge is 2.15. The SMILES string of the molecule is O=c1c2ccccc2[nH]n1-c1ccc2c(c1)OCO2. The van der Waals surface area contributed by atoms with E-state index < -0.39 is 0 Å². The van der Waals surface area contributed by atoms with Crippen molar-refractivity contribution in [1.82, 2.24) is 9.78 Å². The van der Waals surface area contributed by atoms with Crippen LogP contribution in [0.2, 0.25) is 0 Å². The molecule has 1 aromatic heterocycles. The van der Waals surface area contributed by atoms with Gasteiger partial charge in [-0.05, 0) is 24.3 Å². The number of para-hydroxylation sites is 1. The van der Waals surface area contributed by atoms with Crippen molar-refractivity contribution in [3.05, 3.63) is 52.8 Å². The number of hydrogen-bond donors (Lipinski definition) is 1. The second-order valence-corrected chi connectivity index (χ2v) is 4.34. The summed E-state index contributed by atoms with van der Waals surface area (Å²) < 4.78 is 12.1. The lowest BCUT2D eigenvalue weighted by atomic mass is 10.2. The van der Waals surface area contributed by atoms with Crippen molar-refractivity contribution < 1.29 is 9.47 Å². The largest absolute Gasteiger partial charge is 0.454 e. The molecule has 0 fully saturated rings. The summed E-state index contributed by atoms with van der Waals surface area (Å²) in [6.45, 7) is 0.223. The number of benzene rings is 2. The molecule has 94 valence electrons. The summed E-state index contributed by atoms with van der Waals surface area (Å²) in [5, 5.41) is 3.75. The van der Waals surface area contributed by atoms with Crippen LogP contribution in [0.15, 0.2) is 47.3 Å². The lowest BCUT2D eigenvalue weighted by Crippen LogP contribution is -2.13. The fourth-order valence-electron chi connectivity index (χ4n) is 2.26. The third kappa shape index (κ3) is 1.45. The number of nitrogens with one attached hydrogen (secondary N) is 1. The molecule has 0 saturated carbocycles. The van der Waals surface area contributed by atoms with Gasteiger partial charge in [-0.25, -0.2) is 4.68 Å². The van der Waals surface area contributed by atoms with Crippen molar-refractivity contribution in [2.24, 2.45) is 0 Å². The molecule has 19 heavy (non-hydrogen) atoms. The van der Waals surface area contributed by atoms with Crippen molar-refractivity contribution >= 4 is 10.9 Å². The van der Waals surface area contributed by atoms with Crippen molar-refractivity contribution in [2.45, 2.75) is 0 Å². The fraction of sp³-hybridized carbons (Fsp3) is 0.0714. The first-order valence-electron chi connectivity index (χ1n) is 5.93. The van der Waals surface area contributed by atoms with Gasteiger partial charge in [-0.15, -0.1) is 0 Å². The van der Waals surface area contributed by atoms with Crippen LogP contribution in [0.25, 0.3) is 16.6 Å². The van der Waals surface area contributed by atoms with Crippen molar-refractivity contribution in [2.75, 3.05) is 6.79 Å². The zero-order valence-corrected chi connectivity index (χ0v) is 9.92. The van der Waals surface area contributed by atoms with Gasteiger partial charge in [0.1, 0.15) is 0 Å². The normalized spacial score (nSPS) is 13.1. The van der Waals surface area contributed by atoms with E-state index >= 15 is 0 Å². The summed E-state index contributed by atoms with van der Waals surface area (Å²) in [7, 11) is 0. The predicted octanol–water partition coefficient (Wildman–Crippen LogP) is 2.05. The molecule has 0 bridgehead atoms. The smallest absolute Gasteiger partial charge is 0.279 e. The quantitative estimate of drug-likeness (QED) is 0.723. The fourth-order valence-corrected chi connectivity index (χ4v) is 2.26. The summed E-state index contributed by atoms with van der Waals surface area (Å²) in [5.41, 5.74) is 1.46. The van der Waals surface area contributed by atoms with Crippen molar-refractivity contribution in [1.29, 1.82) is 0 Å². The molecule has 0 atom stereocenters. The van der Waals surface area contributed by atoms with Crippen molar-refractivity contribution in [3.63, 3.8) is 0 Å². The van der Waals surface area contributed by atoms with Crippen LogP contribution in [0.4, 0.5) is 0 Å². The number of aromatic amines is 1. The maximum absolute atomic E-state index is 12.3. The van der Waals surface area contributed by atoms with E-state index in [-0.39, 0.29) is 12.4 Å². The minimum atomic E-state index is -0.0746. The lowest BCUT2D eigenvalue weighted by molar-refractivity contribution is 0.174. The molecule has 0 saturated heterocycles. The Bertz CT molecular complexity index is 832. The highest BCUT2D eigenvalue weighted by atomic mass is 16.7. The molecule has 5 nitrogen and oxygen atoms in total. The van der Waals surface area contributed by atoms with Gasteiger partial charge >= 0.3 is 0 Å². The van der Waals surface area contributed by atoms with Crippen LogP contribution in [0.5, 0.6) is 11.5 Å². The molecule has 0 spiro atoms. The Labute approximate surface area is 108 Å². The molecule has 0 unspecified atom stereocenters. The number of rotatable bonds is 1. The Morgan fingerprint density at radius 3 is 2.79 bits per heavy atom. The minimum absolute atomic E-state index is 0.0746. The number of aromatic nitrogens is 2. The summed E-state index contributed by atoms with van der Waals surface area (Å²) >= 11 is 0. The molecule has 1 aliphatic heterocycles. The summed E-state index contributed by atoms with van der Waals surface area (Å²) in [5.74, 6) is 1.36. The molecule has 4 rings (SSSR count). The van der Waals surface area contributed by atoms with Crippen molar-refractivity contribution in [3.8, 4) is 17.2 Å². The molecule has 2 aromatic carbocycles. The van der Waals surface area contributed by atoms with Crippen LogP contribution in [0, 0.1) is 0 Å². The zero-order valence-electron chi connectivity index (χ0n) is 9.92. The Morgan fingerprint density at radius 1 is 1.05 bits per heavy atom. The zero-order chi connectivity index (χ0) is 12.8. The van der Waals surface area contributed by atoms with Gasteiger partial charge in [0.05, 0.1) is 16.6 Å². The lowest BCUT2D eigenvalue weighted by Gasteiger charge is -2.02. The first-order chi connectivity index (χ1) is 9.33. The topological polar surface area (TPSA) is 56.2 Å². The third-order valence-electron chi connectivity index (χ3n) is 3.21. The maximum atomic E-state index is 12.3. The van der Waals surface area contributed by atoms with Crippen LogP contribution in [-0.2, 0) is 0 Å². The minimum Gasteiger partial charge on any atom is -0.454 e. The average molecular weight is 254 g/mol. The van der Waals surface area contributed by atoms with Crippen LogP contribution in [0.3, 0.4) is 0 Å². The third-order valence-corrected chi connectivity index (χ3v) is 3.21. The van der Waals surface area contributed by atoms with Gasteiger partial charge in [-0.2, -0.15) is 0 Å². The summed E-state index contributed by atoms with van der Waals surface area (Å²) in [6, 6.07) is 12.8. The number of ether oxygens (including phenoxy) is 2. The van der Waals surface area contributed by atoms with E-state index in [1.54, 1.807) is 18.2 Å². The van der Waals surface area contributed by atoms with E-state index in [0.717, 1.165) is 11.2 Å². The number of hydrogen-bond acceptors (Lipinski definition) is 3. The van der Waals surface area contributed by atoms with E-state index in [4.69, 9.17) is 9.47 Å². The molecule has 0 aliphatic carbocycles. The van der Waals surface area contributed by atoms with Gasteiger partial charge in [-0.1, -0.05) is 12.1 Å². The van der Waals surface area contributed by atoms with E-state index in [9.17, 15) is 4.79 Å². The highest BCUT2D eigenvalue weighted by Crippen LogP contribution is 2.33. The standard InChI is InChI=1S/C14H10N2O3/c17-14-10-3-1-2-4-11(10)15-16(14)9-5-6-12-13(7-9)19-8-18-12/h1-7,15H,8H2. The second kappa shape index (κ2) is 3.65. The van der Waals surface area contributed by atoms with Crippen LogP contribution < -0.4 is 15.0 Å². The molecule has 1 aliphatic rings. The van der Waals surface area contributed by atoms with Crippen LogP contribution in [-0.4, -0.2) is 16.6 Å². The Balaban J connectivity index is 1.95. The average Bonchev–Trinajstić information content (AvgIpc) is 3.03. The summed E-state index contributed by atoms with van der Waals surface area (Å²) in [6.07, 6.45) is 0. The van der Waals surface area contributed by atoms with Gasteiger partial charge in [-0.3, -0.25) is 9.89 Å². The van der Waals surface area contributed by atoms with Gasteiger partial charge in [0, 0.05) is 6.07 Å².